The minimum Gasteiger partial charge on any atom is -0.437 e. The van der Waals surface area contributed by atoms with Gasteiger partial charge in [0, 0.05) is 165 Å². The molecule has 0 aliphatic heterocycles. The van der Waals surface area contributed by atoms with Crippen LogP contribution >= 0.6 is 0 Å². The summed E-state index contributed by atoms with van der Waals surface area (Å²) >= 11 is 0. The molecular weight excluding hydrogens is 1580 g/mol. The van der Waals surface area contributed by atoms with Crippen molar-refractivity contribution >= 4 is 110 Å². The molecule has 15 heterocycles. The Kier molecular flexibility index (Phi) is 19.5. The van der Waals surface area contributed by atoms with Gasteiger partial charge in [0.25, 0.3) is 0 Å². The lowest BCUT2D eigenvalue weighted by Crippen LogP contribution is -2.31. The van der Waals surface area contributed by atoms with Crippen molar-refractivity contribution in [2.75, 3.05) is 0 Å². The Balaban J connectivity index is 0.000000129. The van der Waals surface area contributed by atoms with Crippen LogP contribution in [0.1, 0.15) is 238 Å². The van der Waals surface area contributed by atoms with Crippen LogP contribution < -0.4 is 22.8 Å². The number of hydrogen-bond donors (Lipinski definition) is 0. The zero-order valence-corrected chi connectivity index (χ0v) is 77.3. The van der Waals surface area contributed by atoms with Crippen LogP contribution in [0, 0.1) is 48.4 Å². The van der Waals surface area contributed by atoms with Crippen LogP contribution in [0.15, 0.2) is 241 Å². The predicted octanol–water partition coefficient (Wildman–Crippen LogP) is 27.4. The molecule has 0 radical (unpaired) electrons. The van der Waals surface area contributed by atoms with Crippen molar-refractivity contribution in [3.63, 3.8) is 0 Å². The van der Waals surface area contributed by atoms with E-state index in [1.807, 2.05) is 246 Å². The maximum Gasteiger partial charge on any atom is 0.227 e. The second kappa shape index (κ2) is 35.8. The molecule has 648 valence electrons. The third-order valence-corrected chi connectivity index (χ3v) is 24.3. The van der Waals surface area contributed by atoms with Gasteiger partial charge in [-0.2, -0.15) is 0 Å². The molecule has 5 aromatic carbocycles. The average molecular weight is 1720 g/mol. The molecule has 2 unspecified atom stereocenters. The molecule has 0 saturated heterocycles. The average Bonchev–Trinajstić information content (AvgIpc) is 1.53. The maximum absolute atomic E-state index is 8.51. The Labute approximate surface area is 774 Å². The van der Waals surface area contributed by atoms with Crippen LogP contribution in [0.3, 0.4) is 0 Å². The lowest BCUT2D eigenvalue weighted by molar-refractivity contribution is -0.660. The molecule has 2 atom stereocenters. The second-order valence-corrected chi connectivity index (χ2v) is 34.8. The van der Waals surface area contributed by atoms with E-state index in [-0.39, 0.29) is 0 Å². The van der Waals surface area contributed by atoms with Crippen molar-refractivity contribution < 1.29 is 66.9 Å². The van der Waals surface area contributed by atoms with E-state index in [1.54, 1.807) is 82.9 Å². The van der Waals surface area contributed by atoms with Gasteiger partial charge in [-0.25, -0.2) is 47.8 Å². The number of aryl methyl sites for hydroxylation is 12. The number of nitrogens with zero attached hydrogens (tertiary/aromatic N) is 10. The monoisotopic (exact) mass is 1710 g/mol. The summed E-state index contributed by atoms with van der Waals surface area (Å²) in [6, 6.07) is 56.9. The SMILES string of the molecule is [2H]C(C)(C)c1cc[n+](C)c(-c2c(C)ccc3c2oc2nc(C([2H])(C)C)ccc23)c1.[2H]C(C)(C)c1cc[n+](C)c(-c2c(C)ccc3c2oc2ncccc23)c1.[2H]C(C)(C)c1ccc2c(n1)oc1c(-c3cc(C([2H])(C)C([2H])([2H])[2H])cc[n+]3C)c(C)ccc12.[2H]C([2H])([2H])C([2H])(C)c1cc[n+](C)c(-c2c(C)ccc3c2oc2ncccc23)c1.[2H]C([2H])([2H])c1c[n+](C)c(-c2c(C)ccc3c2oc2nc(C([2H])(C)C)ccc23)cc1C. The van der Waals surface area contributed by atoms with Crippen molar-refractivity contribution in [2.45, 2.75) is 186 Å². The van der Waals surface area contributed by atoms with Gasteiger partial charge in [0.15, 0.2) is 58.9 Å². The molecule has 128 heavy (non-hydrogen) atoms. The number of pyridine rings is 10. The number of benzene rings is 5. The lowest BCUT2D eigenvalue weighted by Gasteiger charge is -2.09. The maximum atomic E-state index is 8.51. The van der Waals surface area contributed by atoms with E-state index in [0.29, 0.717) is 84.7 Å². The minimum atomic E-state index is -2.46. The summed E-state index contributed by atoms with van der Waals surface area (Å²) in [5.74, 6) is -7.25. The van der Waals surface area contributed by atoms with Gasteiger partial charge >= 0.3 is 0 Å². The van der Waals surface area contributed by atoms with Gasteiger partial charge in [0.05, 0.1) is 27.8 Å². The van der Waals surface area contributed by atoms with Crippen molar-refractivity contribution in [3.8, 4) is 56.3 Å². The minimum absolute atomic E-state index is 0.340. The van der Waals surface area contributed by atoms with Crippen LogP contribution in [-0.4, -0.2) is 24.9 Å². The first-order valence-electron chi connectivity index (χ1n) is 51.1. The highest BCUT2D eigenvalue weighted by Gasteiger charge is 2.30. The fourth-order valence-electron chi connectivity index (χ4n) is 16.8. The van der Waals surface area contributed by atoms with Crippen molar-refractivity contribution in [2.24, 2.45) is 35.2 Å². The van der Waals surface area contributed by atoms with E-state index in [9.17, 15) is 0 Å². The molecule has 20 rings (SSSR count). The molecule has 0 saturated carbocycles. The van der Waals surface area contributed by atoms with Crippen LogP contribution in [0.5, 0.6) is 0 Å². The number of aromatic nitrogens is 10. The standard InChI is InChI=1S/2C24H27N2O.C23H25N2O.2C21H21N2O/c2*1-14(2)17-11-12-26(6)21(13-17)22-16(5)7-8-18-19-9-10-20(15(3)4)25-24(19)27-23(18)22;1-13(2)19-10-9-18-17-8-7-14(3)21(22(17)26-23(18)24-19)20-11-15(4)16(5)12-25(20)6;2*1-13(2)15-9-11-23(4)18(12-15)19-14(3)7-8-16-17-6-5-10-22-21(17)24-20(16)19/h2*7-15H,1-6H3;7-13H,1-6H3;2*5-13H,1-4H3/q5*+1/i1D3,14D,15D;14D,15D;5D3,13D;1D3,13D;13D. The van der Waals surface area contributed by atoms with Crippen LogP contribution in [0.4, 0.5) is 0 Å². The molecule has 15 nitrogen and oxygen atoms in total. The van der Waals surface area contributed by atoms with Crippen LogP contribution in [-0.2, 0) is 35.2 Å². The Bertz CT molecular complexity index is 8480. The summed E-state index contributed by atoms with van der Waals surface area (Å²) in [6.07, 6.45) is 12.7. The van der Waals surface area contributed by atoms with Crippen molar-refractivity contribution in [3.05, 3.63) is 298 Å². The highest BCUT2D eigenvalue weighted by molar-refractivity contribution is 6.13. The number of hydrogen-bond acceptors (Lipinski definition) is 10. The summed E-state index contributed by atoms with van der Waals surface area (Å²) in [7, 11) is 9.67. The van der Waals surface area contributed by atoms with E-state index in [1.165, 1.54) is 13.8 Å². The van der Waals surface area contributed by atoms with Gasteiger partial charge in [-0.3, -0.25) is 0 Å². The quantitative estimate of drug-likeness (QED) is 0.108. The van der Waals surface area contributed by atoms with Crippen LogP contribution in [0.25, 0.3) is 167 Å². The fraction of sp³-hybridized carbons (Fsp3) is 0.292. The lowest BCUT2D eigenvalue weighted by atomic mass is 9.97. The predicted molar refractivity (Wildman–Crippen MR) is 522 cm³/mol. The Hall–Kier alpha value is -13.4. The molecule has 0 N–H and O–H groups in total. The van der Waals surface area contributed by atoms with E-state index >= 15 is 0 Å². The van der Waals surface area contributed by atoms with E-state index < -0.39 is 61.8 Å². The summed E-state index contributed by atoms with van der Waals surface area (Å²) in [5, 5.41) is 9.56. The molecule has 0 aliphatic rings. The molecule has 0 fully saturated rings. The zero-order valence-electron chi connectivity index (χ0n) is 93.3. The van der Waals surface area contributed by atoms with Gasteiger partial charge < -0.3 is 22.1 Å². The first-order chi connectivity index (χ1) is 67.0. The highest BCUT2D eigenvalue weighted by Crippen LogP contribution is 2.44. The summed E-state index contributed by atoms with van der Waals surface area (Å²) < 4.78 is 169. The third kappa shape index (κ3) is 16.8. The smallest absolute Gasteiger partial charge is 0.227 e. The van der Waals surface area contributed by atoms with E-state index in [0.717, 1.165) is 160 Å². The van der Waals surface area contributed by atoms with Crippen LogP contribution in [0.2, 0.25) is 0 Å². The van der Waals surface area contributed by atoms with Crippen molar-refractivity contribution in [1.82, 2.24) is 24.9 Å². The molecule has 0 aliphatic carbocycles. The molecule has 0 spiro atoms. The second-order valence-electron chi connectivity index (χ2n) is 34.8. The summed E-state index contributed by atoms with van der Waals surface area (Å²) in [6.45, 7) is 26.2. The summed E-state index contributed by atoms with van der Waals surface area (Å²) in [5.41, 5.74) is 26.7. The first kappa shape index (κ1) is 69.8. The molecule has 0 bridgehead atoms. The first-order valence-corrected chi connectivity index (χ1v) is 43.1. The molecule has 15 aromatic heterocycles. The van der Waals surface area contributed by atoms with Gasteiger partial charge in [-0.15, -0.1) is 0 Å². The van der Waals surface area contributed by atoms with Crippen molar-refractivity contribution in [1.29, 1.82) is 0 Å². The molecule has 15 heteroatoms. The normalized spacial score (nSPS) is 15.3. The third-order valence-electron chi connectivity index (χ3n) is 24.3. The number of rotatable bonds is 12. The fourth-order valence-corrected chi connectivity index (χ4v) is 16.8. The largest absolute Gasteiger partial charge is 0.437 e. The number of fused-ring (bicyclic) bond motifs is 15. The molecule has 20 aromatic rings. The Morgan fingerprint density at radius 2 is 0.523 bits per heavy atom. The summed E-state index contributed by atoms with van der Waals surface area (Å²) in [4.78, 5) is 22.5. The van der Waals surface area contributed by atoms with Gasteiger partial charge in [0.1, 0.15) is 35.2 Å². The van der Waals surface area contributed by atoms with Gasteiger partial charge in [-0.1, -0.05) is 157 Å². The topological polar surface area (TPSA) is 150 Å². The number of furan rings is 5. The zero-order chi connectivity index (χ0) is 105. The Morgan fingerprint density at radius 3 is 0.789 bits per heavy atom. The Morgan fingerprint density at radius 1 is 0.266 bits per heavy atom. The molecule has 0 amide bonds. The van der Waals surface area contributed by atoms with E-state index in [2.05, 4.69) is 84.3 Å². The molecular formula is C113H121N10O5+5. The highest BCUT2D eigenvalue weighted by atomic mass is 16.4. The van der Waals surface area contributed by atoms with E-state index in [4.69, 9.17) is 44.0 Å². The van der Waals surface area contributed by atoms with Gasteiger partial charge in [-0.05, 0) is 206 Å². The van der Waals surface area contributed by atoms with Gasteiger partial charge in [0.2, 0.25) is 57.0 Å².